The van der Waals surface area contributed by atoms with E-state index in [-0.39, 0.29) is 17.9 Å². The Morgan fingerprint density at radius 2 is 1.86 bits per heavy atom. The predicted octanol–water partition coefficient (Wildman–Crippen LogP) is 2.53. The van der Waals surface area contributed by atoms with Gasteiger partial charge in [0.2, 0.25) is 5.91 Å². The van der Waals surface area contributed by atoms with Crippen molar-refractivity contribution in [2.24, 2.45) is 5.41 Å². The summed E-state index contributed by atoms with van der Waals surface area (Å²) in [5.74, 6) is -0.0436. The predicted molar refractivity (Wildman–Crippen MR) is 85.8 cm³/mol. The lowest BCUT2D eigenvalue weighted by Gasteiger charge is -2.33. The van der Waals surface area contributed by atoms with E-state index in [4.69, 9.17) is 4.74 Å². The summed E-state index contributed by atoms with van der Waals surface area (Å²) in [5, 5.41) is 2.85. The minimum Gasteiger partial charge on any atom is -0.377 e. The van der Waals surface area contributed by atoms with Crippen molar-refractivity contribution in [1.82, 2.24) is 4.90 Å². The second-order valence-electron chi connectivity index (χ2n) is 6.70. The van der Waals surface area contributed by atoms with Crippen LogP contribution >= 0.6 is 0 Å². The second kappa shape index (κ2) is 6.48. The maximum atomic E-state index is 12.5. The lowest BCUT2D eigenvalue weighted by molar-refractivity contribution is -0.123. The maximum absolute atomic E-state index is 12.5. The average Bonchev–Trinajstić information content (AvgIpc) is 2.47. The lowest BCUT2D eigenvalue weighted by Crippen LogP contribution is -2.47. The molecule has 0 saturated carbocycles. The normalized spacial score (nSPS) is 18.9. The molecule has 1 aliphatic heterocycles. The van der Waals surface area contributed by atoms with Gasteiger partial charge in [0.1, 0.15) is 0 Å². The van der Waals surface area contributed by atoms with Crippen molar-refractivity contribution in [3.05, 3.63) is 29.8 Å². The molecule has 5 heteroatoms. The topological polar surface area (TPSA) is 58.6 Å². The summed E-state index contributed by atoms with van der Waals surface area (Å²) in [6.07, 6.45) is 0. The minimum absolute atomic E-state index is 0.00416. The molecule has 1 unspecified atom stereocenters. The summed E-state index contributed by atoms with van der Waals surface area (Å²) < 4.78 is 5.35. The van der Waals surface area contributed by atoms with Crippen molar-refractivity contribution in [3.63, 3.8) is 0 Å². The Labute approximate surface area is 131 Å². The van der Waals surface area contributed by atoms with Crippen LogP contribution in [0.15, 0.2) is 24.3 Å². The Kier molecular flexibility index (Phi) is 4.86. The van der Waals surface area contributed by atoms with Gasteiger partial charge in [-0.2, -0.15) is 0 Å². The van der Waals surface area contributed by atoms with Crippen molar-refractivity contribution in [1.29, 1.82) is 0 Å². The Balaban J connectivity index is 2.05. The highest BCUT2D eigenvalue weighted by Crippen LogP contribution is 2.19. The summed E-state index contributed by atoms with van der Waals surface area (Å²) in [7, 11) is 0. The van der Waals surface area contributed by atoms with E-state index in [1.54, 1.807) is 24.3 Å². The Bertz CT molecular complexity index is 546. The molecule has 1 atom stereocenters. The van der Waals surface area contributed by atoms with Crippen LogP contribution in [0.25, 0.3) is 0 Å². The molecule has 0 bridgehead atoms. The molecule has 0 radical (unpaired) electrons. The van der Waals surface area contributed by atoms with Gasteiger partial charge >= 0.3 is 0 Å². The molecule has 22 heavy (non-hydrogen) atoms. The highest BCUT2D eigenvalue weighted by molar-refractivity contribution is 5.97. The van der Waals surface area contributed by atoms with E-state index >= 15 is 0 Å². The van der Waals surface area contributed by atoms with Crippen molar-refractivity contribution in [3.8, 4) is 0 Å². The molecule has 2 amide bonds. The Morgan fingerprint density at radius 1 is 1.23 bits per heavy atom. The lowest BCUT2D eigenvalue weighted by atomic mass is 9.95. The molecular weight excluding hydrogens is 280 g/mol. The number of anilines is 1. The maximum Gasteiger partial charge on any atom is 0.254 e. The smallest absolute Gasteiger partial charge is 0.254 e. The summed E-state index contributed by atoms with van der Waals surface area (Å²) in [4.78, 5) is 26.3. The minimum atomic E-state index is -0.447. The molecule has 1 saturated heterocycles. The first kappa shape index (κ1) is 16.5. The molecular formula is C17H24N2O3. The molecule has 0 aromatic heterocycles. The van der Waals surface area contributed by atoms with Crippen LogP contribution in [-0.2, 0) is 9.53 Å². The van der Waals surface area contributed by atoms with E-state index in [1.165, 1.54) is 0 Å². The van der Waals surface area contributed by atoms with Crippen LogP contribution in [-0.4, -0.2) is 42.5 Å². The van der Waals surface area contributed by atoms with E-state index in [9.17, 15) is 9.59 Å². The van der Waals surface area contributed by atoms with Crippen LogP contribution in [0.5, 0.6) is 0 Å². The molecule has 2 rings (SSSR count). The SMILES string of the molecule is CC1COCCN1C(=O)c1ccc(NC(=O)C(C)(C)C)cc1. The number of nitrogens with one attached hydrogen (secondary N) is 1. The Hall–Kier alpha value is -1.88. The average molecular weight is 304 g/mol. The van der Waals surface area contributed by atoms with Gasteiger partial charge < -0.3 is 15.0 Å². The van der Waals surface area contributed by atoms with Gasteiger partial charge in [0.25, 0.3) is 5.91 Å². The highest BCUT2D eigenvalue weighted by atomic mass is 16.5. The van der Waals surface area contributed by atoms with E-state index in [0.717, 1.165) is 0 Å². The third-order valence-electron chi connectivity index (χ3n) is 3.70. The van der Waals surface area contributed by atoms with E-state index < -0.39 is 5.41 Å². The van der Waals surface area contributed by atoms with E-state index in [0.29, 0.717) is 31.0 Å². The standard InChI is InChI=1S/C17H24N2O3/c1-12-11-22-10-9-19(12)15(20)13-5-7-14(8-6-13)18-16(21)17(2,3)4/h5-8,12H,9-11H2,1-4H3,(H,18,21). The molecule has 1 heterocycles. The number of hydrogen-bond donors (Lipinski definition) is 1. The zero-order valence-corrected chi connectivity index (χ0v) is 13.7. The quantitative estimate of drug-likeness (QED) is 0.913. The molecule has 1 aliphatic rings. The molecule has 0 spiro atoms. The van der Waals surface area contributed by atoms with E-state index in [2.05, 4.69) is 5.32 Å². The Morgan fingerprint density at radius 3 is 2.41 bits per heavy atom. The number of nitrogens with zero attached hydrogens (tertiary/aromatic N) is 1. The fourth-order valence-electron chi connectivity index (χ4n) is 2.21. The van der Waals surface area contributed by atoms with Gasteiger partial charge in [-0.05, 0) is 31.2 Å². The first-order valence-electron chi connectivity index (χ1n) is 7.59. The van der Waals surface area contributed by atoms with Crippen LogP contribution in [0.2, 0.25) is 0 Å². The number of amides is 2. The highest BCUT2D eigenvalue weighted by Gasteiger charge is 2.25. The number of hydrogen-bond acceptors (Lipinski definition) is 3. The second-order valence-corrected chi connectivity index (χ2v) is 6.70. The van der Waals surface area contributed by atoms with Crippen LogP contribution in [0.4, 0.5) is 5.69 Å². The van der Waals surface area contributed by atoms with Gasteiger partial charge in [-0.1, -0.05) is 20.8 Å². The van der Waals surface area contributed by atoms with Gasteiger partial charge in [0, 0.05) is 23.2 Å². The van der Waals surface area contributed by atoms with Crippen molar-refractivity contribution >= 4 is 17.5 Å². The molecule has 0 aliphatic carbocycles. The fourth-order valence-corrected chi connectivity index (χ4v) is 2.21. The van der Waals surface area contributed by atoms with Crippen LogP contribution in [0, 0.1) is 5.41 Å². The van der Waals surface area contributed by atoms with Crippen molar-refractivity contribution in [2.45, 2.75) is 33.7 Å². The first-order chi connectivity index (χ1) is 10.3. The van der Waals surface area contributed by atoms with Gasteiger partial charge in [0.05, 0.1) is 19.3 Å². The van der Waals surface area contributed by atoms with Crippen LogP contribution in [0.1, 0.15) is 38.1 Å². The van der Waals surface area contributed by atoms with Gasteiger partial charge in [0.15, 0.2) is 0 Å². The zero-order chi connectivity index (χ0) is 16.3. The van der Waals surface area contributed by atoms with Crippen LogP contribution in [0.3, 0.4) is 0 Å². The summed E-state index contributed by atoms with van der Waals surface area (Å²) >= 11 is 0. The number of benzene rings is 1. The van der Waals surface area contributed by atoms with Gasteiger partial charge in [-0.3, -0.25) is 9.59 Å². The number of carbonyl (C=O) groups is 2. The third kappa shape index (κ3) is 3.85. The molecule has 5 nitrogen and oxygen atoms in total. The van der Waals surface area contributed by atoms with Crippen molar-refractivity contribution < 1.29 is 14.3 Å². The molecule has 120 valence electrons. The third-order valence-corrected chi connectivity index (χ3v) is 3.70. The number of morpholine rings is 1. The number of ether oxygens (including phenoxy) is 1. The molecule has 1 fully saturated rings. The molecule has 1 N–H and O–H groups in total. The van der Waals surface area contributed by atoms with Crippen molar-refractivity contribution in [2.75, 3.05) is 25.1 Å². The monoisotopic (exact) mass is 304 g/mol. The summed E-state index contributed by atoms with van der Waals surface area (Å²) in [6.45, 7) is 9.33. The largest absolute Gasteiger partial charge is 0.377 e. The molecule has 1 aromatic rings. The fraction of sp³-hybridized carbons (Fsp3) is 0.529. The molecule has 1 aromatic carbocycles. The first-order valence-corrected chi connectivity index (χ1v) is 7.59. The van der Waals surface area contributed by atoms with E-state index in [1.807, 2.05) is 32.6 Å². The van der Waals surface area contributed by atoms with Crippen LogP contribution < -0.4 is 5.32 Å². The van der Waals surface area contributed by atoms with Gasteiger partial charge in [-0.25, -0.2) is 0 Å². The van der Waals surface area contributed by atoms with Gasteiger partial charge in [-0.15, -0.1) is 0 Å². The summed E-state index contributed by atoms with van der Waals surface area (Å²) in [5.41, 5.74) is 0.881. The summed E-state index contributed by atoms with van der Waals surface area (Å²) in [6, 6.07) is 7.12. The zero-order valence-electron chi connectivity index (χ0n) is 13.7. The number of rotatable bonds is 2. The number of carbonyl (C=O) groups excluding carboxylic acids is 2.